The van der Waals surface area contributed by atoms with Gasteiger partial charge in [-0.05, 0) is 96.5 Å². The van der Waals surface area contributed by atoms with Crippen LogP contribution in [0.1, 0.15) is 45.0 Å². The Morgan fingerprint density at radius 2 is 0.519 bits per heavy atom. The van der Waals surface area contributed by atoms with Gasteiger partial charge in [-0.1, -0.05) is 121 Å². The minimum Gasteiger partial charge on any atom is -0.354 e. The number of nitrogens with zero attached hydrogens (tertiary/aromatic N) is 2. The fraction of sp³-hybridized carbons (Fsp3) is 0.0833. The molecular weight excluding hydrogens is 633 g/mol. The molecule has 0 saturated carbocycles. The lowest BCUT2D eigenvalue weighted by molar-refractivity contribution is 1.31. The smallest absolute Gasteiger partial charge is 0.0737 e. The molecule has 4 nitrogen and oxygen atoms in total. The molecule has 2 N–H and O–H groups in total. The summed E-state index contributed by atoms with van der Waals surface area (Å²) in [6.07, 6.45) is 8.70. The fourth-order valence-electron chi connectivity index (χ4n) is 7.76. The molecule has 7 aromatic rings. The number of nitrogens with one attached hydrogen (secondary N) is 2. The number of rotatable bonds is 4. The van der Waals surface area contributed by atoms with E-state index < -0.39 is 0 Å². The Kier molecular flexibility index (Phi) is 7.66. The third kappa shape index (κ3) is 5.15. The number of hydrogen-bond donors (Lipinski definition) is 2. The van der Waals surface area contributed by atoms with Crippen LogP contribution >= 0.6 is 0 Å². The van der Waals surface area contributed by atoms with Crippen LogP contribution in [-0.4, -0.2) is 19.9 Å². The van der Waals surface area contributed by atoms with Crippen molar-refractivity contribution in [1.82, 2.24) is 19.9 Å². The molecule has 4 aromatic carbocycles. The molecule has 0 amide bonds. The molecular formula is C48H38N4. The molecule has 4 heteroatoms. The molecule has 2 aliphatic heterocycles. The van der Waals surface area contributed by atoms with Crippen molar-refractivity contribution in [2.45, 2.75) is 27.7 Å². The van der Waals surface area contributed by atoms with Gasteiger partial charge in [-0.2, -0.15) is 0 Å². The molecule has 0 radical (unpaired) electrons. The molecule has 0 atom stereocenters. The Balaban J connectivity index is 1.56. The molecule has 0 unspecified atom stereocenters. The van der Waals surface area contributed by atoms with Crippen LogP contribution in [0.5, 0.6) is 0 Å². The van der Waals surface area contributed by atoms with Crippen molar-refractivity contribution in [1.29, 1.82) is 0 Å². The van der Waals surface area contributed by atoms with Gasteiger partial charge in [-0.3, -0.25) is 0 Å². The number of fused-ring (bicyclic) bond motifs is 8. The van der Waals surface area contributed by atoms with Gasteiger partial charge in [0.25, 0.3) is 0 Å². The van der Waals surface area contributed by atoms with Gasteiger partial charge >= 0.3 is 0 Å². The molecule has 0 saturated heterocycles. The zero-order valence-corrected chi connectivity index (χ0v) is 29.8. The van der Waals surface area contributed by atoms with E-state index in [1.165, 1.54) is 22.3 Å². The molecule has 0 fully saturated rings. The second-order valence-corrected chi connectivity index (χ2v) is 13.6. The zero-order valence-electron chi connectivity index (χ0n) is 29.8. The topological polar surface area (TPSA) is 57.4 Å². The standard InChI is InChI=1S/C48H38N4/c1-29-30(2)46-42(34-19-11-6-12-20-34)38-27-28-40(50-38)44(36-23-15-8-16-24-36)48-32(4)31(3)47(52-48)43(35-21-13-7-14-22-35)39-26-25-37(49-39)41(45(29)51-46)33-17-9-5-10-18-33/h5-28,51-52H,1-4H3. The first kappa shape index (κ1) is 31.5. The highest BCUT2D eigenvalue weighted by Gasteiger charge is 2.22. The monoisotopic (exact) mass is 670 g/mol. The van der Waals surface area contributed by atoms with Crippen molar-refractivity contribution in [3.05, 3.63) is 166 Å². The molecule has 5 heterocycles. The van der Waals surface area contributed by atoms with E-state index in [1.807, 2.05) is 0 Å². The third-order valence-corrected chi connectivity index (χ3v) is 10.7. The van der Waals surface area contributed by atoms with Crippen LogP contribution in [0.4, 0.5) is 0 Å². The van der Waals surface area contributed by atoms with Gasteiger partial charge in [0.2, 0.25) is 0 Å². The number of aromatic amines is 2. The van der Waals surface area contributed by atoms with E-state index in [2.05, 4.69) is 183 Å². The Bertz CT molecular complexity index is 2360. The van der Waals surface area contributed by atoms with Crippen LogP contribution in [-0.2, 0) is 0 Å². The first-order valence-corrected chi connectivity index (χ1v) is 17.9. The summed E-state index contributed by atoms with van der Waals surface area (Å²) in [6, 6.07) is 42.5. The number of benzene rings is 4. The molecule has 2 aliphatic rings. The van der Waals surface area contributed by atoms with Crippen LogP contribution < -0.4 is 0 Å². The second kappa shape index (κ2) is 12.7. The van der Waals surface area contributed by atoms with Crippen molar-refractivity contribution >= 4 is 46.4 Å². The van der Waals surface area contributed by atoms with E-state index in [0.29, 0.717) is 0 Å². The highest BCUT2D eigenvalue weighted by Crippen LogP contribution is 2.41. The SMILES string of the molecule is Cc1c(C)c2[nH]c1c(-c1ccccc1)c1nc(c(-c3ccccc3)c3[nH]c(c(C)c3C)c(-c3ccccc3)c3nc(c2-c2ccccc2)C=C3)C=C1. The normalized spacial score (nSPS) is 12.1. The molecule has 250 valence electrons. The van der Waals surface area contributed by atoms with Gasteiger partial charge in [-0.15, -0.1) is 0 Å². The summed E-state index contributed by atoms with van der Waals surface area (Å²) in [5, 5.41) is 0. The van der Waals surface area contributed by atoms with Gasteiger partial charge in [0.05, 0.1) is 44.8 Å². The Morgan fingerprint density at radius 1 is 0.308 bits per heavy atom. The Labute approximate surface area is 303 Å². The molecule has 3 aromatic heterocycles. The lowest BCUT2D eigenvalue weighted by atomic mass is 9.99. The number of aryl methyl sites for hydroxylation is 4. The van der Waals surface area contributed by atoms with Crippen LogP contribution in [0, 0.1) is 27.7 Å². The minimum absolute atomic E-state index is 0.922. The van der Waals surface area contributed by atoms with Crippen molar-refractivity contribution in [2.24, 2.45) is 0 Å². The highest BCUT2D eigenvalue weighted by atomic mass is 14.8. The van der Waals surface area contributed by atoms with Gasteiger partial charge < -0.3 is 9.97 Å². The van der Waals surface area contributed by atoms with E-state index in [-0.39, 0.29) is 0 Å². The lowest BCUT2D eigenvalue weighted by Gasteiger charge is -2.07. The highest BCUT2D eigenvalue weighted by molar-refractivity contribution is 6.02. The second-order valence-electron chi connectivity index (χ2n) is 13.6. The van der Waals surface area contributed by atoms with Crippen molar-refractivity contribution in [3.8, 4) is 44.5 Å². The van der Waals surface area contributed by atoms with Crippen molar-refractivity contribution in [3.63, 3.8) is 0 Å². The van der Waals surface area contributed by atoms with E-state index in [1.54, 1.807) is 0 Å². The first-order chi connectivity index (χ1) is 25.5. The van der Waals surface area contributed by atoms with Crippen LogP contribution in [0.2, 0.25) is 0 Å². The average Bonchev–Trinajstić information content (AvgIpc) is 3.98. The predicted octanol–water partition coefficient (Wildman–Crippen LogP) is 12.6. The maximum absolute atomic E-state index is 5.49. The van der Waals surface area contributed by atoms with Crippen LogP contribution in [0.15, 0.2) is 121 Å². The van der Waals surface area contributed by atoms with Crippen LogP contribution in [0.25, 0.3) is 90.9 Å². The van der Waals surface area contributed by atoms with Crippen molar-refractivity contribution in [2.75, 3.05) is 0 Å². The van der Waals surface area contributed by atoms with E-state index >= 15 is 0 Å². The Morgan fingerprint density at radius 3 is 0.731 bits per heavy atom. The van der Waals surface area contributed by atoms with E-state index in [0.717, 1.165) is 89.4 Å². The number of H-pyrrole nitrogens is 2. The maximum Gasteiger partial charge on any atom is 0.0737 e. The average molecular weight is 671 g/mol. The molecule has 8 bridgehead atoms. The molecule has 52 heavy (non-hydrogen) atoms. The van der Waals surface area contributed by atoms with Crippen molar-refractivity contribution < 1.29 is 0 Å². The number of hydrogen-bond acceptors (Lipinski definition) is 2. The molecule has 9 rings (SSSR count). The summed E-state index contributed by atoms with van der Waals surface area (Å²) in [7, 11) is 0. The summed E-state index contributed by atoms with van der Waals surface area (Å²) >= 11 is 0. The Hall–Kier alpha value is -6.52. The largest absolute Gasteiger partial charge is 0.354 e. The van der Waals surface area contributed by atoms with Crippen LogP contribution in [0.3, 0.4) is 0 Å². The predicted molar refractivity (Wildman–Crippen MR) is 220 cm³/mol. The fourth-order valence-corrected chi connectivity index (χ4v) is 7.76. The van der Waals surface area contributed by atoms with Gasteiger partial charge in [-0.25, -0.2) is 9.97 Å². The first-order valence-electron chi connectivity index (χ1n) is 17.9. The molecule has 0 aliphatic carbocycles. The zero-order chi connectivity index (χ0) is 35.3. The minimum atomic E-state index is 0.922. The van der Waals surface area contributed by atoms with E-state index in [4.69, 9.17) is 9.97 Å². The summed E-state index contributed by atoms with van der Waals surface area (Å²) < 4.78 is 0. The summed E-state index contributed by atoms with van der Waals surface area (Å²) in [5.74, 6) is 0. The van der Waals surface area contributed by atoms with Gasteiger partial charge in [0.1, 0.15) is 0 Å². The molecule has 0 spiro atoms. The number of aromatic nitrogens is 4. The lowest BCUT2D eigenvalue weighted by Crippen LogP contribution is -1.90. The third-order valence-electron chi connectivity index (χ3n) is 10.7. The summed E-state index contributed by atoms with van der Waals surface area (Å²) in [6.45, 7) is 8.86. The van der Waals surface area contributed by atoms with Gasteiger partial charge in [0, 0.05) is 22.3 Å². The maximum atomic E-state index is 5.49. The summed E-state index contributed by atoms with van der Waals surface area (Å²) in [5.41, 5.74) is 21.4. The quantitative estimate of drug-likeness (QED) is 0.196. The van der Waals surface area contributed by atoms with E-state index in [9.17, 15) is 0 Å². The van der Waals surface area contributed by atoms with Gasteiger partial charge in [0.15, 0.2) is 0 Å². The summed E-state index contributed by atoms with van der Waals surface area (Å²) in [4.78, 5) is 18.9.